The standard InChI is InChI=1S/C9H12N2O4/c1-4-11-7(12)6(8(13)15-3)5(2)10-9(11)14/h4H2,1-3H3,(H,10,14). The number of aryl methyl sites for hydroxylation is 1. The van der Waals surface area contributed by atoms with Gasteiger partial charge in [0.2, 0.25) is 0 Å². The lowest BCUT2D eigenvalue weighted by Gasteiger charge is -2.06. The summed E-state index contributed by atoms with van der Waals surface area (Å²) in [7, 11) is 1.18. The molecule has 0 bridgehead atoms. The Hall–Kier alpha value is -1.85. The lowest BCUT2D eigenvalue weighted by molar-refractivity contribution is 0.0596. The fraction of sp³-hybridized carbons (Fsp3) is 0.444. The third-order valence-electron chi connectivity index (χ3n) is 2.08. The van der Waals surface area contributed by atoms with Crippen LogP contribution >= 0.6 is 0 Å². The predicted octanol–water partition coefficient (Wildman–Crippen LogP) is -0.348. The van der Waals surface area contributed by atoms with E-state index in [1.54, 1.807) is 6.92 Å². The number of ether oxygens (including phenoxy) is 1. The van der Waals surface area contributed by atoms with Crippen LogP contribution in [0.15, 0.2) is 9.59 Å². The topological polar surface area (TPSA) is 81.2 Å². The van der Waals surface area contributed by atoms with Gasteiger partial charge >= 0.3 is 11.7 Å². The maximum absolute atomic E-state index is 11.7. The first kappa shape index (κ1) is 11.2. The largest absolute Gasteiger partial charge is 0.465 e. The van der Waals surface area contributed by atoms with E-state index in [9.17, 15) is 14.4 Å². The van der Waals surface area contributed by atoms with Gasteiger partial charge in [0, 0.05) is 12.2 Å². The lowest BCUT2D eigenvalue weighted by atomic mass is 10.2. The Morgan fingerprint density at radius 1 is 1.47 bits per heavy atom. The second-order valence-corrected chi connectivity index (χ2v) is 2.97. The minimum absolute atomic E-state index is 0.126. The summed E-state index contributed by atoms with van der Waals surface area (Å²) in [4.78, 5) is 36.7. The number of aromatic amines is 1. The highest BCUT2D eigenvalue weighted by molar-refractivity contribution is 5.89. The summed E-state index contributed by atoms with van der Waals surface area (Å²) in [5, 5.41) is 0. The zero-order valence-electron chi connectivity index (χ0n) is 8.79. The number of methoxy groups -OCH3 is 1. The third kappa shape index (κ3) is 1.83. The third-order valence-corrected chi connectivity index (χ3v) is 2.08. The van der Waals surface area contributed by atoms with Gasteiger partial charge in [-0.05, 0) is 13.8 Å². The van der Waals surface area contributed by atoms with E-state index >= 15 is 0 Å². The summed E-state index contributed by atoms with van der Waals surface area (Å²) >= 11 is 0. The van der Waals surface area contributed by atoms with Crippen LogP contribution in [0, 0.1) is 6.92 Å². The van der Waals surface area contributed by atoms with Gasteiger partial charge in [-0.3, -0.25) is 9.36 Å². The Bertz CT molecular complexity index is 498. The molecule has 0 unspecified atom stereocenters. The molecule has 0 saturated heterocycles. The van der Waals surface area contributed by atoms with Gasteiger partial charge in [-0.25, -0.2) is 9.59 Å². The van der Waals surface area contributed by atoms with E-state index in [0.29, 0.717) is 0 Å². The molecule has 0 aliphatic heterocycles. The molecule has 15 heavy (non-hydrogen) atoms. The number of carbonyl (C=O) groups excluding carboxylic acids is 1. The minimum atomic E-state index is -0.740. The average molecular weight is 212 g/mol. The molecule has 1 aromatic rings. The summed E-state index contributed by atoms with van der Waals surface area (Å²) in [6, 6.07) is 0. The van der Waals surface area contributed by atoms with Gasteiger partial charge < -0.3 is 9.72 Å². The number of nitrogens with zero attached hydrogens (tertiary/aromatic N) is 1. The zero-order chi connectivity index (χ0) is 11.6. The maximum Gasteiger partial charge on any atom is 0.345 e. The molecule has 6 nitrogen and oxygen atoms in total. The summed E-state index contributed by atoms with van der Waals surface area (Å²) in [5.74, 6) is -0.740. The second kappa shape index (κ2) is 4.12. The van der Waals surface area contributed by atoms with Crippen LogP contribution in [-0.4, -0.2) is 22.6 Å². The van der Waals surface area contributed by atoms with Crippen molar-refractivity contribution in [3.63, 3.8) is 0 Å². The summed E-state index contributed by atoms with van der Waals surface area (Å²) in [6.07, 6.45) is 0. The normalized spacial score (nSPS) is 10.1. The summed E-state index contributed by atoms with van der Waals surface area (Å²) in [5.41, 5.74) is -1.04. The van der Waals surface area contributed by atoms with Gasteiger partial charge in [-0.2, -0.15) is 0 Å². The van der Waals surface area contributed by atoms with Gasteiger partial charge in [0.25, 0.3) is 5.56 Å². The first-order valence-corrected chi connectivity index (χ1v) is 4.45. The second-order valence-electron chi connectivity index (χ2n) is 2.97. The molecule has 1 heterocycles. The number of nitrogens with one attached hydrogen (secondary N) is 1. The van der Waals surface area contributed by atoms with E-state index in [-0.39, 0.29) is 17.8 Å². The highest BCUT2D eigenvalue weighted by Crippen LogP contribution is 1.97. The number of H-pyrrole nitrogens is 1. The molecule has 0 aliphatic carbocycles. The smallest absolute Gasteiger partial charge is 0.345 e. The quantitative estimate of drug-likeness (QED) is 0.679. The van der Waals surface area contributed by atoms with Crippen molar-refractivity contribution in [3.8, 4) is 0 Å². The van der Waals surface area contributed by atoms with Crippen molar-refractivity contribution in [1.29, 1.82) is 0 Å². The number of esters is 1. The minimum Gasteiger partial charge on any atom is -0.465 e. The number of carbonyl (C=O) groups is 1. The van der Waals surface area contributed by atoms with Gasteiger partial charge in [-0.15, -0.1) is 0 Å². The fourth-order valence-corrected chi connectivity index (χ4v) is 1.31. The van der Waals surface area contributed by atoms with Gasteiger partial charge in [-0.1, -0.05) is 0 Å². The predicted molar refractivity (Wildman–Crippen MR) is 53.1 cm³/mol. The Morgan fingerprint density at radius 2 is 2.07 bits per heavy atom. The number of aromatic nitrogens is 2. The molecule has 0 amide bonds. The average Bonchev–Trinajstić information content (AvgIpc) is 2.17. The molecule has 0 aromatic carbocycles. The fourth-order valence-electron chi connectivity index (χ4n) is 1.31. The van der Waals surface area contributed by atoms with Crippen molar-refractivity contribution in [2.24, 2.45) is 0 Å². The number of hydrogen-bond acceptors (Lipinski definition) is 4. The number of hydrogen-bond donors (Lipinski definition) is 1. The van der Waals surface area contributed by atoms with Crippen molar-refractivity contribution in [2.45, 2.75) is 20.4 Å². The van der Waals surface area contributed by atoms with E-state index in [2.05, 4.69) is 9.72 Å². The van der Waals surface area contributed by atoms with E-state index in [0.717, 1.165) is 4.57 Å². The molecule has 0 atom stereocenters. The Balaban J connectivity index is 3.61. The Kier molecular flexibility index (Phi) is 3.08. The van der Waals surface area contributed by atoms with Crippen molar-refractivity contribution in [1.82, 2.24) is 9.55 Å². The zero-order valence-corrected chi connectivity index (χ0v) is 8.79. The SMILES string of the molecule is CCn1c(=O)[nH]c(C)c(C(=O)OC)c1=O. The highest BCUT2D eigenvalue weighted by atomic mass is 16.5. The lowest BCUT2D eigenvalue weighted by Crippen LogP contribution is -2.39. The molecule has 0 radical (unpaired) electrons. The summed E-state index contributed by atoms with van der Waals surface area (Å²) in [6.45, 7) is 3.33. The van der Waals surface area contributed by atoms with Crippen molar-refractivity contribution in [3.05, 3.63) is 32.1 Å². The molecule has 0 aliphatic rings. The monoisotopic (exact) mass is 212 g/mol. The van der Waals surface area contributed by atoms with Crippen LogP contribution in [0.3, 0.4) is 0 Å². The molecule has 0 fully saturated rings. The van der Waals surface area contributed by atoms with Crippen molar-refractivity contribution >= 4 is 5.97 Å². The summed E-state index contributed by atoms with van der Waals surface area (Å²) < 4.78 is 5.41. The molecule has 0 saturated carbocycles. The Morgan fingerprint density at radius 3 is 2.53 bits per heavy atom. The molecule has 1 rings (SSSR count). The van der Waals surface area contributed by atoms with Crippen molar-refractivity contribution in [2.75, 3.05) is 7.11 Å². The first-order valence-electron chi connectivity index (χ1n) is 4.45. The molecular formula is C9H12N2O4. The molecule has 1 aromatic heterocycles. The number of rotatable bonds is 2. The van der Waals surface area contributed by atoms with Crippen LogP contribution < -0.4 is 11.2 Å². The molecule has 82 valence electrons. The Labute approximate surface area is 85.5 Å². The van der Waals surface area contributed by atoms with Crippen LogP contribution in [0.25, 0.3) is 0 Å². The highest BCUT2D eigenvalue weighted by Gasteiger charge is 2.17. The van der Waals surface area contributed by atoms with E-state index in [1.165, 1.54) is 14.0 Å². The molecule has 0 spiro atoms. The van der Waals surface area contributed by atoms with E-state index < -0.39 is 17.2 Å². The molecular weight excluding hydrogens is 200 g/mol. The first-order chi connectivity index (χ1) is 7.02. The maximum atomic E-state index is 11.7. The molecule has 6 heteroatoms. The van der Waals surface area contributed by atoms with Crippen LogP contribution in [0.4, 0.5) is 0 Å². The van der Waals surface area contributed by atoms with Crippen LogP contribution in [-0.2, 0) is 11.3 Å². The van der Waals surface area contributed by atoms with E-state index in [1.807, 2.05) is 0 Å². The van der Waals surface area contributed by atoms with Crippen LogP contribution in [0.2, 0.25) is 0 Å². The molecule has 1 N–H and O–H groups in total. The van der Waals surface area contributed by atoms with Gasteiger partial charge in [0.05, 0.1) is 7.11 Å². The van der Waals surface area contributed by atoms with Crippen LogP contribution in [0.5, 0.6) is 0 Å². The van der Waals surface area contributed by atoms with Gasteiger partial charge in [0.1, 0.15) is 5.56 Å². The van der Waals surface area contributed by atoms with Crippen molar-refractivity contribution < 1.29 is 9.53 Å². The van der Waals surface area contributed by atoms with Crippen LogP contribution in [0.1, 0.15) is 23.0 Å². The van der Waals surface area contributed by atoms with E-state index in [4.69, 9.17) is 0 Å². The van der Waals surface area contributed by atoms with Gasteiger partial charge in [0.15, 0.2) is 0 Å².